The molecule has 1 aliphatic heterocycles. The quantitative estimate of drug-likeness (QED) is 0.725. The Labute approximate surface area is 175 Å². The van der Waals surface area contributed by atoms with E-state index in [1.165, 1.54) is 0 Å². The average molecular weight is 395 g/mol. The summed E-state index contributed by atoms with van der Waals surface area (Å²) in [4.78, 5) is 22.5. The first-order chi connectivity index (χ1) is 14.5. The Bertz CT molecular complexity index is 1190. The molecule has 1 fully saturated rings. The van der Waals surface area contributed by atoms with E-state index in [4.69, 9.17) is 10.5 Å². The number of aromatic nitrogens is 2. The van der Waals surface area contributed by atoms with Gasteiger partial charge in [-0.2, -0.15) is 10.5 Å². The molecule has 30 heavy (non-hydrogen) atoms. The number of amides is 1. The molecular weight excluding hydrogens is 374 g/mol. The molecule has 1 N–H and O–H groups in total. The Morgan fingerprint density at radius 2 is 1.90 bits per heavy atom. The largest absolute Gasteiger partial charge is 0.345 e. The van der Waals surface area contributed by atoms with Crippen LogP contribution >= 0.6 is 0 Å². The number of rotatable bonds is 4. The fourth-order valence-corrected chi connectivity index (χ4v) is 3.82. The third kappa shape index (κ3) is 3.56. The number of H-pyrrole nitrogens is 1. The number of nitrogens with zero attached hydrogens (tertiary/aromatic N) is 4. The van der Waals surface area contributed by atoms with Gasteiger partial charge in [0.05, 0.1) is 29.8 Å². The van der Waals surface area contributed by atoms with Gasteiger partial charge < -0.3 is 9.88 Å². The number of aromatic amines is 1. The Morgan fingerprint density at radius 3 is 2.57 bits per heavy atom. The minimum atomic E-state index is 0.00609. The lowest BCUT2D eigenvalue weighted by Crippen LogP contribution is -2.48. The number of likely N-dealkylation sites (tertiary alicyclic amines) is 1. The van der Waals surface area contributed by atoms with Gasteiger partial charge in [0.1, 0.15) is 5.82 Å². The molecule has 2 aromatic carbocycles. The van der Waals surface area contributed by atoms with E-state index in [-0.39, 0.29) is 12.3 Å². The highest BCUT2D eigenvalue weighted by Crippen LogP contribution is 2.31. The molecule has 0 spiro atoms. The van der Waals surface area contributed by atoms with Crippen molar-refractivity contribution in [1.82, 2.24) is 14.9 Å². The van der Waals surface area contributed by atoms with Gasteiger partial charge in [0.25, 0.3) is 5.91 Å². The maximum atomic E-state index is 13.0. The predicted molar refractivity (Wildman–Crippen MR) is 113 cm³/mol. The van der Waals surface area contributed by atoms with E-state index < -0.39 is 0 Å². The number of nitriles is 2. The highest BCUT2D eigenvalue weighted by Gasteiger charge is 2.32. The van der Waals surface area contributed by atoms with Crippen molar-refractivity contribution in [2.45, 2.75) is 26.2 Å². The van der Waals surface area contributed by atoms with Crippen LogP contribution in [0, 0.1) is 36.5 Å². The van der Waals surface area contributed by atoms with E-state index in [0.29, 0.717) is 36.0 Å². The van der Waals surface area contributed by atoms with Crippen LogP contribution in [0.4, 0.5) is 0 Å². The van der Waals surface area contributed by atoms with Crippen molar-refractivity contribution in [3.63, 3.8) is 0 Å². The summed E-state index contributed by atoms with van der Waals surface area (Å²) in [5.41, 5.74) is 6.04. The zero-order chi connectivity index (χ0) is 21.3. The molecule has 0 bridgehead atoms. The van der Waals surface area contributed by atoms with Crippen molar-refractivity contribution in [1.29, 1.82) is 10.5 Å². The molecule has 1 aliphatic rings. The van der Waals surface area contributed by atoms with Crippen LogP contribution in [-0.2, 0) is 6.42 Å². The molecule has 0 saturated carbocycles. The molecule has 1 saturated heterocycles. The molecular formula is C24H21N5O. The molecule has 0 atom stereocenters. The van der Waals surface area contributed by atoms with Crippen LogP contribution in [0.15, 0.2) is 42.5 Å². The zero-order valence-corrected chi connectivity index (χ0v) is 16.9. The molecule has 3 aromatic rings. The lowest BCUT2D eigenvalue weighted by molar-refractivity contribution is 0.0602. The van der Waals surface area contributed by atoms with Crippen LogP contribution in [0.5, 0.6) is 0 Å². The van der Waals surface area contributed by atoms with Gasteiger partial charge in [0.15, 0.2) is 0 Å². The van der Waals surface area contributed by atoms with E-state index >= 15 is 0 Å². The number of carbonyl (C=O) groups is 1. The standard InChI is InChI=1S/C24H21N5O/c1-15-3-6-19(11-21(15)23-16(2)27-22(28-23)9-10-25)24(30)29-13-20(14-29)18-7-4-17(12-26)5-8-18/h3-8,11,20H,9,13-14H2,1-2H3,(H,27,28). The van der Waals surface area contributed by atoms with Crippen molar-refractivity contribution >= 4 is 5.91 Å². The second-order valence-electron chi connectivity index (χ2n) is 7.66. The maximum Gasteiger partial charge on any atom is 0.253 e. The van der Waals surface area contributed by atoms with Crippen molar-refractivity contribution in [3.8, 4) is 23.4 Å². The smallest absolute Gasteiger partial charge is 0.253 e. The average Bonchev–Trinajstić information content (AvgIpc) is 3.08. The maximum absolute atomic E-state index is 13.0. The molecule has 4 rings (SSSR count). The van der Waals surface area contributed by atoms with Crippen LogP contribution in [0.25, 0.3) is 11.3 Å². The summed E-state index contributed by atoms with van der Waals surface area (Å²) in [5, 5.41) is 17.8. The molecule has 1 amide bonds. The Balaban J connectivity index is 1.51. The molecule has 148 valence electrons. The highest BCUT2D eigenvalue weighted by molar-refractivity contribution is 5.96. The van der Waals surface area contributed by atoms with Crippen molar-refractivity contribution in [3.05, 3.63) is 76.2 Å². The first-order valence-corrected chi connectivity index (χ1v) is 9.83. The first kappa shape index (κ1) is 19.4. The monoisotopic (exact) mass is 395 g/mol. The zero-order valence-electron chi connectivity index (χ0n) is 16.9. The molecule has 1 aromatic heterocycles. The second-order valence-corrected chi connectivity index (χ2v) is 7.66. The minimum absolute atomic E-state index is 0.00609. The lowest BCUT2D eigenvalue weighted by Gasteiger charge is -2.39. The van der Waals surface area contributed by atoms with Crippen LogP contribution in [0.2, 0.25) is 0 Å². The summed E-state index contributed by atoms with van der Waals surface area (Å²) in [7, 11) is 0. The Morgan fingerprint density at radius 1 is 1.17 bits per heavy atom. The molecule has 6 nitrogen and oxygen atoms in total. The fourth-order valence-electron chi connectivity index (χ4n) is 3.82. The number of hydrogen-bond acceptors (Lipinski definition) is 4. The Hall–Kier alpha value is -3.90. The van der Waals surface area contributed by atoms with E-state index in [0.717, 1.165) is 28.1 Å². The van der Waals surface area contributed by atoms with Crippen LogP contribution in [0.1, 0.15) is 44.5 Å². The van der Waals surface area contributed by atoms with Crippen LogP contribution < -0.4 is 0 Å². The summed E-state index contributed by atoms with van der Waals surface area (Å²) >= 11 is 0. The van der Waals surface area contributed by atoms with Crippen molar-refractivity contribution in [2.24, 2.45) is 0 Å². The first-order valence-electron chi connectivity index (χ1n) is 9.83. The lowest BCUT2D eigenvalue weighted by atomic mass is 9.90. The second kappa shape index (κ2) is 7.85. The molecule has 0 aliphatic carbocycles. The number of benzene rings is 2. The third-order valence-corrected chi connectivity index (χ3v) is 5.60. The van der Waals surface area contributed by atoms with Crippen molar-refractivity contribution in [2.75, 3.05) is 13.1 Å². The number of hydrogen-bond donors (Lipinski definition) is 1. The summed E-state index contributed by atoms with van der Waals surface area (Å²) in [6.07, 6.45) is 0.225. The van der Waals surface area contributed by atoms with Gasteiger partial charge in [-0.3, -0.25) is 4.79 Å². The Kier molecular flexibility index (Phi) is 5.08. The van der Waals surface area contributed by atoms with E-state index in [1.807, 2.05) is 61.2 Å². The molecule has 0 radical (unpaired) electrons. The SMILES string of the molecule is Cc1ccc(C(=O)N2CC(c3ccc(C#N)cc3)C2)cc1-c1nc(CC#N)[nH]c1C. The normalized spacial score (nSPS) is 13.4. The van der Waals surface area contributed by atoms with Gasteiger partial charge in [-0.15, -0.1) is 0 Å². The summed E-state index contributed by atoms with van der Waals surface area (Å²) in [6.45, 7) is 5.25. The van der Waals surface area contributed by atoms with Gasteiger partial charge in [0, 0.05) is 35.8 Å². The van der Waals surface area contributed by atoms with E-state index in [2.05, 4.69) is 22.1 Å². The molecule has 2 heterocycles. The molecule has 6 heteroatoms. The number of aryl methyl sites for hydroxylation is 2. The van der Waals surface area contributed by atoms with E-state index in [9.17, 15) is 4.79 Å². The topological polar surface area (TPSA) is 96.6 Å². The number of nitrogens with one attached hydrogen (secondary N) is 1. The van der Waals surface area contributed by atoms with Gasteiger partial charge in [0.2, 0.25) is 0 Å². The summed E-state index contributed by atoms with van der Waals surface area (Å²) < 4.78 is 0. The fraction of sp³-hybridized carbons (Fsp3) is 0.250. The highest BCUT2D eigenvalue weighted by atomic mass is 16.2. The van der Waals surface area contributed by atoms with Gasteiger partial charge >= 0.3 is 0 Å². The van der Waals surface area contributed by atoms with Gasteiger partial charge in [-0.1, -0.05) is 18.2 Å². The third-order valence-electron chi connectivity index (χ3n) is 5.60. The molecule has 0 unspecified atom stereocenters. The predicted octanol–water partition coefficient (Wildman–Crippen LogP) is 3.87. The number of imidazole rings is 1. The summed E-state index contributed by atoms with van der Waals surface area (Å²) in [6, 6.07) is 17.5. The minimum Gasteiger partial charge on any atom is -0.345 e. The van der Waals surface area contributed by atoms with Gasteiger partial charge in [-0.25, -0.2) is 4.98 Å². The summed E-state index contributed by atoms with van der Waals surface area (Å²) in [5.74, 6) is 0.939. The van der Waals surface area contributed by atoms with Crippen molar-refractivity contribution < 1.29 is 4.79 Å². The van der Waals surface area contributed by atoms with Crippen LogP contribution in [-0.4, -0.2) is 33.9 Å². The van der Waals surface area contributed by atoms with E-state index in [1.54, 1.807) is 0 Å². The van der Waals surface area contributed by atoms with Gasteiger partial charge in [-0.05, 0) is 49.2 Å². The number of carbonyl (C=O) groups excluding carboxylic acids is 1. The van der Waals surface area contributed by atoms with Crippen LogP contribution in [0.3, 0.4) is 0 Å².